The Morgan fingerprint density at radius 3 is 2.44 bits per heavy atom. The number of benzene rings is 1. The number of carbonyl (C=O) groups excluding carboxylic acids is 2. The fraction of sp³-hybridized carbons (Fsp3) is 0.273. The smallest absolute Gasteiger partial charge is 0.227 e. The molecule has 0 aliphatic rings. The van der Waals surface area contributed by atoms with E-state index >= 15 is 0 Å². The quantitative estimate of drug-likeness (QED) is 0.842. The number of primary amides is 1. The molecule has 4 nitrogen and oxygen atoms in total. The summed E-state index contributed by atoms with van der Waals surface area (Å²) in [5, 5.41) is 3.27. The third-order valence-corrected chi connectivity index (χ3v) is 2.32. The van der Waals surface area contributed by atoms with Gasteiger partial charge in [-0.25, -0.2) is 0 Å². The molecule has 0 fully saturated rings. The SMILES string of the molecule is CC(CC(N)=O)C(=O)Nc1ccc(Cl)cc1. The van der Waals surface area contributed by atoms with Gasteiger partial charge >= 0.3 is 0 Å². The van der Waals surface area contributed by atoms with Gasteiger partial charge < -0.3 is 11.1 Å². The van der Waals surface area contributed by atoms with E-state index in [-0.39, 0.29) is 12.3 Å². The van der Waals surface area contributed by atoms with Crippen LogP contribution in [0.1, 0.15) is 13.3 Å². The van der Waals surface area contributed by atoms with Crippen molar-refractivity contribution in [1.29, 1.82) is 0 Å². The van der Waals surface area contributed by atoms with Gasteiger partial charge in [-0.2, -0.15) is 0 Å². The number of nitrogens with one attached hydrogen (secondary N) is 1. The zero-order valence-corrected chi connectivity index (χ0v) is 9.62. The van der Waals surface area contributed by atoms with E-state index in [1.54, 1.807) is 31.2 Å². The highest BCUT2D eigenvalue weighted by Crippen LogP contribution is 2.14. The number of carbonyl (C=O) groups is 2. The van der Waals surface area contributed by atoms with E-state index in [2.05, 4.69) is 5.32 Å². The Balaban J connectivity index is 2.57. The van der Waals surface area contributed by atoms with E-state index in [1.165, 1.54) is 0 Å². The van der Waals surface area contributed by atoms with E-state index in [0.29, 0.717) is 10.7 Å². The Morgan fingerprint density at radius 1 is 1.38 bits per heavy atom. The summed E-state index contributed by atoms with van der Waals surface area (Å²) in [5.41, 5.74) is 5.65. The van der Waals surface area contributed by atoms with Crippen LogP contribution in [0.3, 0.4) is 0 Å². The molecule has 3 N–H and O–H groups in total. The van der Waals surface area contributed by atoms with Crippen molar-refractivity contribution in [2.75, 3.05) is 5.32 Å². The van der Waals surface area contributed by atoms with Gasteiger partial charge in [-0.3, -0.25) is 9.59 Å². The van der Waals surface area contributed by atoms with Crippen molar-refractivity contribution in [2.45, 2.75) is 13.3 Å². The van der Waals surface area contributed by atoms with Gasteiger partial charge in [0.25, 0.3) is 0 Å². The van der Waals surface area contributed by atoms with Crippen LogP contribution in [0.25, 0.3) is 0 Å². The Kier molecular flexibility index (Phi) is 4.31. The highest BCUT2D eigenvalue weighted by atomic mass is 35.5. The molecule has 1 rings (SSSR count). The Hall–Kier alpha value is -1.55. The lowest BCUT2D eigenvalue weighted by Gasteiger charge is -2.10. The predicted molar refractivity (Wildman–Crippen MR) is 63.1 cm³/mol. The van der Waals surface area contributed by atoms with E-state index in [9.17, 15) is 9.59 Å². The number of amides is 2. The summed E-state index contributed by atoms with van der Waals surface area (Å²) in [6.07, 6.45) is 0.0411. The molecule has 0 aliphatic carbocycles. The van der Waals surface area contributed by atoms with Crippen LogP contribution in [0.4, 0.5) is 5.69 Å². The molecule has 16 heavy (non-hydrogen) atoms. The largest absolute Gasteiger partial charge is 0.370 e. The van der Waals surface area contributed by atoms with Gasteiger partial charge in [0.2, 0.25) is 11.8 Å². The number of anilines is 1. The van der Waals surface area contributed by atoms with Gasteiger partial charge in [0.15, 0.2) is 0 Å². The molecule has 0 bridgehead atoms. The lowest BCUT2D eigenvalue weighted by atomic mass is 10.1. The molecular weight excluding hydrogens is 228 g/mol. The van der Waals surface area contributed by atoms with Crippen molar-refractivity contribution < 1.29 is 9.59 Å². The molecule has 0 aromatic heterocycles. The Bertz CT molecular complexity index is 389. The van der Waals surface area contributed by atoms with Crippen molar-refractivity contribution in [3.8, 4) is 0 Å². The monoisotopic (exact) mass is 240 g/mol. The molecule has 1 atom stereocenters. The molecule has 0 radical (unpaired) electrons. The molecule has 5 heteroatoms. The summed E-state index contributed by atoms with van der Waals surface area (Å²) in [6, 6.07) is 6.74. The second-order valence-electron chi connectivity index (χ2n) is 3.57. The minimum Gasteiger partial charge on any atom is -0.370 e. The summed E-state index contributed by atoms with van der Waals surface area (Å²) in [4.78, 5) is 22.2. The van der Waals surface area contributed by atoms with Crippen LogP contribution in [0.15, 0.2) is 24.3 Å². The number of rotatable bonds is 4. The van der Waals surface area contributed by atoms with Crippen molar-refractivity contribution in [3.63, 3.8) is 0 Å². The molecule has 0 heterocycles. The number of hydrogen-bond acceptors (Lipinski definition) is 2. The zero-order chi connectivity index (χ0) is 12.1. The first kappa shape index (κ1) is 12.5. The molecule has 0 aliphatic heterocycles. The second kappa shape index (κ2) is 5.51. The van der Waals surface area contributed by atoms with Gasteiger partial charge in [0.05, 0.1) is 0 Å². The number of hydrogen-bond donors (Lipinski definition) is 2. The highest BCUT2D eigenvalue weighted by molar-refractivity contribution is 6.30. The van der Waals surface area contributed by atoms with Gasteiger partial charge in [0, 0.05) is 23.0 Å². The zero-order valence-electron chi connectivity index (χ0n) is 8.87. The number of nitrogens with two attached hydrogens (primary N) is 1. The van der Waals surface area contributed by atoms with E-state index < -0.39 is 11.8 Å². The molecular formula is C11H13ClN2O2. The molecule has 0 saturated heterocycles. The molecule has 0 saturated carbocycles. The summed E-state index contributed by atoms with van der Waals surface area (Å²) < 4.78 is 0. The predicted octanol–water partition coefficient (Wildman–Crippen LogP) is 1.79. The average Bonchev–Trinajstić information content (AvgIpc) is 2.20. The Morgan fingerprint density at radius 2 is 1.94 bits per heavy atom. The van der Waals surface area contributed by atoms with E-state index in [0.717, 1.165) is 0 Å². The molecule has 1 unspecified atom stereocenters. The van der Waals surface area contributed by atoms with Crippen LogP contribution in [-0.4, -0.2) is 11.8 Å². The Labute approximate surface area is 98.8 Å². The highest BCUT2D eigenvalue weighted by Gasteiger charge is 2.15. The lowest BCUT2D eigenvalue weighted by Crippen LogP contribution is -2.25. The molecule has 1 aromatic rings. The van der Waals surface area contributed by atoms with Crippen LogP contribution in [-0.2, 0) is 9.59 Å². The molecule has 1 aromatic carbocycles. The molecule has 86 valence electrons. The molecule has 2 amide bonds. The van der Waals surface area contributed by atoms with Crippen molar-refractivity contribution >= 4 is 29.1 Å². The van der Waals surface area contributed by atoms with E-state index in [1.807, 2.05) is 0 Å². The second-order valence-corrected chi connectivity index (χ2v) is 4.00. The lowest BCUT2D eigenvalue weighted by molar-refractivity contribution is -0.125. The third kappa shape index (κ3) is 3.90. The fourth-order valence-electron chi connectivity index (χ4n) is 1.19. The first-order chi connectivity index (χ1) is 7.49. The molecule has 0 spiro atoms. The van der Waals surface area contributed by atoms with Crippen LogP contribution in [0.2, 0.25) is 5.02 Å². The van der Waals surface area contributed by atoms with Gasteiger partial charge in [-0.05, 0) is 24.3 Å². The van der Waals surface area contributed by atoms with Crippen molar-refractivity contribution in [2.24, 2.45) is 11.7 Å². The minimum absolute atomic E-state index is 0.0411. The summed E-state index contributed by atoms with van der Waals surface area (Å²) in [6.45, 7) is 1.65. The summed E-state index contributed by atoms with van der Waals surface area (Å²) >= 11 is 5.71. The van der Waals surface area contributed by atoms with Crippen LogP contribution in [0, 0.1) is 5.92 Å². The van der Waals surface area contributed by atoms with Crippen molar-refractivity contribution in [3.05, 3.63) is 29.3 Å². The maximum absolute atomic E-state index is 11.6. The maximum Gasteiger partial charge on any atom is 0.227 e. The fourth-order valence-corrected chi connectivity index (χ4v) is 1.32. The van der Waals surface area contributed by atoms with Gasteiger partial charge in [0.1, 0.15) is 0 Å². The van der Waals surface area contributed by atoms with Gasteiger partial charge in [-0.15, -0.1) is 0 Å². The number of halogens is 1. The van der Waals surface area contributed by atoms with Gasteiger partial charge in [-0.1, -0.05) is 18.5 Å². The minimum atomic E-state index is -0.487. The summed E-state index contributed by atoms with van der Waals surface area (Å²) in [5.74, 6) is -1.16. The average molecular weight is 241 g/mol. The first-order valence-corrected chi connectivity index (χ1v) is 5.21. The van der Waals surface area contributed by atoms with Crippen LogP contribution >= 0.6 is 11.6 Å². The first-order valence-electron chi connectivity index (χ1n) is 4.84. The maximum atomic E-state index is 11.6. The van der Waals surface area contributed by atoms with Crippen LogP contribution in [0.5, 0.6) is 0 Å². The van der Waals surface area contributed by atoms with Crippen molar-refractivity contribution in [1.82, 2.24) is 0 Å². The summed E-state index contributed by atoms with van der Waals surface area (Å²) in [7, 11) is 0. The standard InChI is InChI=1S/C11H13ClN2O2/c1-7(6-10(13)15)11(16)14-9-4-2-8(12)3-5-9/h2-5,7H,6H2,1H3,(H2,13,15)(H,14,16). The topological polar surface area (TPSA) is 72.2 Å². The van der Waals surface area contributed by atoms with E-state index in [4.69, 9.17) is 17.3 Å². The van der Waals surface area contributed by atoms with Crippen LogP contribution < -0.4 is 11.1 Å². The third-order valence-electron chi connectivity index (χ3n) is 2.07. The normalized spacial score (nSPS) is 11.9.